The lowest BCUT2D eigenvalue weighted by Gasteiger charge is -2.22. The molecule has 0 bridgehead atoms. The van der Waals surface area contributed by atoms with Gasteiger partial charge in [-0.25, -0.2) is 0 Å². The highest BCUT2D eigenvalue weighted by atomic mass is 16.3. The van der Waals surface area contributed by atoms with Crippen molar-refractivity contribution in [1.29, 1.82) is 5.26 Å². The van der Waals surface area contributed by atoms with Gasteiger partial charge in [0.1, 0.15) is 0 Å². The molecular weight excluding hydrogens is 186 g/mol. The van der Waals surface area contributed by atoms with Crippen LogP contribution in [0.1, 0.15) is 51.0 Å². The highest BCUT2D eigenvalue weighted by Crippen LogP contribution is 2.33. The molecule has 0 saturated carbocycles. The number of nitrogens with zero attached hydrogens (tertiary/aromatic N) is 1. The van der Waals surface area contributed by atoms with Crippen LogP contribution >= 0.6 is 0 Å². The molecule has 2 unspecified atom stereocenters. The number of furan rings is 1. The third-order valence-electron chi connectivity index (χ3n) is 3.04. The topological polar surface area (TPSA) is 36.9 Å². The molecule has 0 radical (unpaired) electrons. The largest absolute Gasteiger partial charge is 0.472 e. The third-order valence-corrected chi connectivity index (χ3v) is 3.04. The number of rotatable bonds is 6. The van der Waals surface area contributed by atoms with Crippen LogP contribution < -0.4 is 0 Å². The summed E-state index contributed by atoms with van der Waals surface area (Å²) in [7, 11) is 0. The molecule has 82 valence electrons. The molecule has 2 atom stereocenters. The molecular formula is C13H19NO. The molecule has 0 fully saturated rings. The van der Waals surface area contributed by atoms with Gasteiger partial charge in [-0.3, -0.25) is 0 Å². The Kier molecular flexibility index (Phi) is 4.97. The van der Waals surface area contributed by atoms with Crippen molar-refractivity contribution in [3.05, 3.63) is 24.2 Å². The van der Waals surface area contributed by atoms with Crippen molar-refractivity contribution in [2.45, 2.75) is 45.4 Å². The molecule has 1 rings (SSSR count). The fourth-order valence-corrected chi connectivity index (χ4v) is 2.20. The summed E-state index contributed by atoms with van der Waals surface area (Å²) < 4.78 is 5.11. The summed E-state index contributed by atoms with van der Waals surface area (Å²) in [5.41, 5.74) is 1.18. The lowest BCUT2D eigenvalue weighted by molar-refractivity contribution is 0.380. The van der Waals surface area contributed by atoms with E-state index in [1.807, 2.05) is 6.07 Å². The van der Waals surface area contributed by atoms with Gasteiger partial charge in [-0.15, -0.1) is 0 Å². The molecule has 0 spiro atoms. The van der Waals surface area contributed by atoms with E-state index in [2.05, 4.69) is 19.9 Å². The van der Waals surface area contributed by atoms with Gasteiger partial charge in [0.05, 0.1) is 18.6 Å². The second-order valence-corrected chi connectivity index (χ2v) is 3.98. The van der Waals surface area contributed by atoms with Crippen LogP contribution in [0.25, 0.3) is 0 Å². The quantitative estimate of drug-likeness (QED) is 0.701. The van der Waals surface area contributed by atoms with Crippen LogP contribution in [0.5, 0.6) is 0 Å². The van der Waals surface area contributed by atoms with Crippen LogP contribution in [0.4, 0.5) is 0 Å². The first-order valence-electron chi connectivity index (χ1n) is 5.72. The van der Waals surface area contributed by atoms with Gasteiger partial charge in [-0.05, 0) is 17.5 Å². The lowest BCUT2D eigenvalue weighted by atomic mass is 9.81. The van der Waals surface area contributed by atoms with E-state index in [9.17, 15) is 0 Å². The predicted octanol–water partition coefficient (Wildman–Crippen LogP) is 4.10. The smallest absolute Gasteiger partial charge is 0.0937 e. The molecule has 0 amide bonds. The Morgan fingerprint density at radius 3 is 2.73 bits per heavy atom. The summed E-state index contributed by atoms with van der Waals surface area (Å²) in [6.45, 7) is 4.40. The zero-order valence-electron chi connectivity index (χ0n) is 9.57. The first-order valence-corrected chi connectivity index (χ1v) is 5.72. The van der Waals surface area contributed by atoms with Crippen LogP contribution in [0.15, 0.2) is 23.0 Å². The molecule has 0 aliphatic carbocycles. The minimum Gasteiger partial charge on any atom is -0.472 e. The van der Waals surface area contributed by atoms with E-state index >= 15 is 0 Å². The maximum absolute atomic E-state index is 8.87. The van der Waals surface area contributed by atoms with E-state index in [0.717, 1.165) is 6.42 Å². The van der Waals surface area contributed by atoms with Crippen molar-refractivity contribution in [3.8, 4) is 6.07 Å². The fraction of sp³-hybridized carbons (Fsp3) is 0.615. The highest BCUT2D eigenvalue weighted by molar-refractivity contribution is 5.15. The second-order valence-electron chi connectivity index (χ2n) is 3.98. The summed E-state index contributed by atoms with van der Waals surface area (Å²) in [5, 5.41) is 8.87. The van der Waals surface area contributed by atoms with E-state index in [1.165, 1.54) is 18.4 Å². The van der Waals surface area contributed by atoms with Crippen molar-refractivity contribution in [2.24, 2.45) is 5.92 Å². The number of nitriles is 1. The van der Waals surface area contributed by atoms with Gasteiger partial charge in [0.15, 0.2) is 0 Å². The van der Waals surface area contributed by atoms with Crippen molar-refractivity contribution < 1.29 is 4.42 Å². The SMILES string of the molecule is CCCC(CC)C(CC#N)c1ccoc1. The normalized spacial score (nSPS) is 14.5. The van der Waals surface area contributed by atoms with Gasteiger partial charge >= 0.3 is 0 Å². The molecule has 1 aromatic heterocycles. The van der Waals surface area contributed by atoms with Gasteiger partial charge in [0.2, 0.25) is 0 Å². The van der Waals surface area contributed by atoms with E-state index in [-0.39, 0.29) is 0 Å². The van der Waals surface area contributed by atoms with E-state index in [0.29, 0.717) is 18.3 Å². The van der Waals surface area contributed by atoms with Gasteiger partial charge in [0, 0.05) is 12.3 Å². The molecule has 0 N–H and O–H groups in total. The summed E-state index contributed by atoms with van der Waals surface area (Å²) in [6.07, 6.45) is 7.56. The Labute approximate surface area is 91.9 Å². The molecule has 0 aliphatic heterocycles. The molecule has 0 aliphatic rings. The number of hydrogen-bond donors (Lipinski definition) is 0. The van der Waals surface area contributed by atoms with Gasteiger partial charge < -0.3 is 4.42 Å². The van der Waals surface area contributed by atoms with Crippen molar-refractivity contribution in [1.82, 2.24) is 0 Å². The van der Waals surface area contributed by atoms with Crippen molar-refractivity contribution >= 4 is 0 Å². The van der Waals surface area contributed by atoms with Crippen LogP contribution in [-0.4, -0.2) is 0 Å². The first-order chi connectivity index (χ1) is 7.33. The Hall–Kier alpha value is -1.23. The zero-order chi connectivity index (χ0) is 11.1. The molecule has 1 heterocycles. The van der Waals surface area contributed by atoms with Gasteiger partial charge in [0.25, 0.3) is 0 Å². The molecule has 0 aromatic carbocycles. The summed E-state index contributed by atoms with van der Waals surface area (Å²) in [5.74, 6) is 0.950. The van der Waals surface area contributed by atoms with Gasteiger partial charge in [-0.1, -0.05) is 33.1 Å². The Bertz CT molecular complexity index is 297. The standard InChI is InChI=1S/C13H19NO/c1-3-5-11(4-2)13(6-8-14)12-7-9-15-10-12/h7,9-11,13H,3-6H2,1-2H3. The number of hydrogen-bond acceptors (Lipinski definition) is 2. The minimum absolute atomic E-state index is 0.346. The maximum Gasteiger partial charge on any atom is 0.0937 e. The summed E-state index contributed by atoms with van der Waals surface area (Å²) in [4.78, 5) is 0. The average molecular weight is 205 g/mol. The van der Waals surface area contributed by atoms with Gasteiger partial charge in [-0.2, -0.15) is 5.26 Å². The van der Waals surface area contributed by atoms with Crippen molar-refractivity contribution in [2.75, 3.05) is 0 Å². The average Bonchev–Trinajstić information content (AvgIpc) is 2.76. The monoisotopic (exact) mass is 205 g/mol. The predicted molar refractivity (Wildman–Crippen MR) is 60.4 cm³/mol. The molecule has 0 saturated heterocycles. The minimum atomic E-state index is 0.346. The lowest BCUT2D eigenvalue weighted by Crippen LogP contribution is -2.11. The molecule has 2 nitrogen and oxygen atoms in total. The Balaban J connectivity index is 2.77. The Morgan fingerprint density at radius 1 is 1.47 bits per heavy atom. The summed E-state index contributed by atoms with van der Waals surface area (Å²) >= 11 is 0. The third kappa shape index (κ3) is 3.13. The van der Waals surface area contributed by atoms with Crippen molar-refractivity contribution in [3.63, 3.8) is 0 Å². The van der Waals surface area contributed by atoms with Crippen LogP contribution in [0.2, 0.25) is 0 Å². The maximum atomic E-state index is 8.87. The zero-order valence-corrected chi connectivity index (χ0v) is 9.57. The fourth-order valence-electron chi connectivity index (χ4n) is 2.20. The van der Waals surface area contributed by atoms with E-state index in [1.54, 1.807) is 12.5 Å². The van der Waals surface area contributed by atoms with Crippen LogP contribution in [0.3, 0.4) is 0 Å². The first kappa shape index (κ1) is 11.8. The molecule has 1 aromatic rings. The highest BCUT2D eigenvalue weighted by Gasteiger charge is 2.21. The molecule has 15 heavy (non-hydrogen) atoms. The summed E-state index contributed by atoms with van der Waals surface area (Å²) in [6, 6.07) is 4.27. The molecule has 2 heteroatoms. The van der Waals surface area contributed by atoms with Crippen LogP contribution in [0, 0.1) is 17.2 Å². The Morgan fingerprint density at radius 2 is 2.27 bits per heavy atom. The second kappa shape index (κ2) is 6.29. The van der Waals surface area contributed by atoms with E-state index in [4.69, 9.17) is 9.68 Å². The van der Waals surface area contributed by atoms with E-state index < -0.39 is 0 Å². The van der Waals surface area contributed by atoms with Crippen LogP contribution in [-0.2, 0) is 0 Å².